The van der Waals surface area contributed by atoms with Crippen LogP contribution in [0.4, 0.5) is 13.2 Å². The number of nitrogens with zero attached hydrogens (tertiary/aromatic N) is 4. The van der Waals surface area contributed by atoms with E-state index in [1.165, 1.54) is 13.2 Å². The van der Waals surface area contributed by atoms with Crippen LogP contribution < -0.4 is 0 Å². The summed E-state index contributed by atoms with van der Waals surface area (Å²) in [7, 11) is 1.19. The number of halogens is 5. The Hall–Kier alpha value is -1.34. The van der Waals surface area contributed by atoms with Crippen LogP contribution in [0.5, 0.6) is 0 Å². The SMILES string of the molecule is Cn1nc(-c2cnc(Cl)nc2Cl)cc1C(F)(F)F. The van der Waals surface area contributed by atoms with E-state index in [1.54, 1.807) is 0 Å². The highest BCUT2D eigenvalue weighted by Gasteiger charge is 2.35. The van der Waals surface area contributed by atoms with Gasteiger partial charge in [0.2, 0.25) is 5.28 Å². The van der Waals surface area contributed by atoms with Gasteiger partial charge in [0.1, 0.15) is 10.8 Å². The molecule has 0 saturated carbocycles. The van der Waals surface area contributed by atoms with Gasteiger partial charge in [-0.05, 0) is 17.7 Å². The lowest BCUT2D eigenvalue weighted by atomic mass is 10.2. The van der Waals surface area contributed by atoms with Gasteiger partial charge in [0.25, 0.3) is 0 Å². The van der Waals surface area contributed by atoms with E-state index in [9.17, 15) is 13.2 Å². The Balaban J connectivity index is 2.53. The second-order valence-electron chi connectivity index (χ2n) is 3.38. The van der Waals surface area contributed by atoms with Gasteiger partial charge in [0.05, 0.1) is 11.3 Å². The highest BCUT2D eigenvalue weighted by Crippen LogP contribution is 2.33. The summed E-state index contributed by atoms with van der Waals surface area (Å²) in [5, 5.41) is 3.59. The molecule has 0 aliphatic carbocycles. The van der Waals surface area contributed by atoms with Gasteiger partial charge in [-0.2, -0.15) is 18.3 Å². The van der Waals surface area contributed by atoms with Crippen molar-refractivity contribution in [1.29, 1.82) is 0 Å². The second kappa shape index (κ2) is 4.40. The average Bonchev–Trinajstić information content (AvgIpc) is 2.59. The van der Waals surface area contributed by atoms with Gasteiger partial charge in [0.15, 0.2) is 0 Å². The van der Waals surface area contributed by atoms with Crippen molar-refractivity contribution >= 4 is 23.2 Å². The summed E-state index contributed by atoms with van der Waals surface area (Å²) in [5.74, 6) is 0. The van der Waals surface area contributed by atoms with Gasteiger partial charge in [-0.1, -0.05) is 11.6 Å². The van der Waals surface area contributed by atoms with E-state index in [2.05, 4.69) is 15.1 Å². The van der Waals surface area contributed by atoms with Crippen LogP contribution in [0, 0.1) is 0 Å². The lowest BCUT2D eigenvalue weighted by Crippen LogP contribution is -2.11. The minimum atomic E-state index is -4.49. The third kappa shape index (κ3) is 2.41. The average molecular weight is 297 g/mol. The summed E-state index contributed by atoms with van der Waals surface area (Å²) in [4.78, 5) is 7.30. The number of alkyl halides is 3. The van der Waals surface area contributed by atoms with Crippen LogP contribution in [0.3, 0.4) is 0 Å². The number of aromatic nitrogens is 4. The van der Waals surface area contributed by atoms with Gasteiger partial charge >= 0.3 is 6.18 Å². The van der Waals surface area contributed by atoms with E-state index >= 15 is 0 Å². The molecule has 0 N–H and O–H groups in total. The Morgan fingerprint density at radius 1 is 1.28 bits per heavy atom. The van der Waals surface area contributed by atoms with Gasteiger partial charge < -0.3 is 0 Å². The van der Waals surface area contributed by atoms with E-state index in [-0.39, 0.29) is 21.7 Å². The molecule has 2 aromatic rings. The summed E-state index contributed by atoms with van der Waals surface area (Å²) >= 11 is 11.3. The molecule has 2 heterocycles. The quantitative estimate of drug-likeness (QED) is 0.599. The maximum Gasteiger partial charge on any atom is 0.433 e. The van der Waals surface area contributed by atoms with Crippen LogP contribution in [0.2, 0.25) is 10.4 Å². The van der Waals surface area contributed by atoms with Crippen LogP contribution in [0.1, 0.15) is 5.69 Å². The first-order chi connectivity index (χ1) is 8.29. The van der Waals surface area contributed by atoms with Crippen molar-refractivity contribution in [3.05, 3.63) is 28.4 Å². The number of aryl methyl sites for hydroxylation is 1. The van der Waals surface area contributed by atoms with E-state index in [4.69, 9.17) is 23.2 Å². The molecule has 0 amide bonds. The Morgan fingerprint density at radius 2 is 1.94 bits per heavy atom. The van der Waals surface area contributed by atoms with Crippen LogP contribution in [-0.4, -0.2) is 19.7 Å². The molecule has 0 aliphatic heterocycles. The molecule has 18 heavy (non-hydrogen) atoms. The molecule has 2 rings (SSSR count). The maximum atomic E-state index is 12.6. The molecule has 0 unspecified atom stereocenters. The van der Waals surface area contributed by atoms with Crippen molar-refractivity contribution in [3.63, 3.8) is 0 Å². The van der Waals surface area contributed by atoms with Gasteiger partial charge in [0, 0.05) is 13.2 Å². The summed E-state index contributed by atoms with van der Waals surface area (Å²) in [6.45, 7) is 0. The number of rotatable bonds is 1. The summed E-state index contributed by atoms with van der Waals surface area (Å²) < 4.78 is 38.5. The minimum Gasteiger partial charge on any atom is -0.263 e. The summed E-state index contributed by atoms with van der Waals surface area (Å²) in [5.41, 5.74) is -0.665. The van der Waals surface area contributed by atoms with E-state index in [0.717, 1.165) is 10.7 Å². The predicted octanol–water partition coefficient (Wildman–Crippen LogP) is 3.20. The van der Waals surface area contributed by atoms with Crippen LogP contribution in [-0.2, 0) is 13.2 Å². The molecular formula is C9H5Cl2F3N4. The summed E-state index contributed by atoms with van der Waals surface area (Å²) in [6, 6.07) is 0.873. The van der Waals surface area contributed by atoms with Gasteiger partial charge in [-0.15, -0.1) is 0 Å². The molecule has 0 radical (unpaired) electrons. The first kappa shape index (κ1) is 13.1. The van der Waals surface area contributed by atoms with Crippen molar-refractivity contribution in [3.8, 4) is 11.3 Å². The van der Waals surface area contributed by atoms with Crippen molar-refractivity contribution < 1.29 is 13.2 Å². The molecule has 0 saturated heterocycles. The topological polar surface area (TPSA) is 43.6 Å². The molecule has 9 heteroatoms. The highest BCUT2D eigenvalue weighted by atomic mass is 35.5. The van der Waals surface area contributed by atoms with Crippen molar-refractivity contribution in [2.75, 3.05) is 0 Å². The van der Waals surface area contributed by atoms with Gasteiger partial charge in [-0.25, -0.2) is 9.97 Å². The number of hydrogen-bond acceptors (Lipinski definition) is 3. The van der Waals surface area contributed by atoms with Crippen LogP contribution >= 0.6 is 23.2 Å². The fraction of sp³-hybridized carbons (Fsp3) is 0.222. The lowest BCUT2D eigenvalue weighted by Gasteiger charge is -2.04. The third-order valence-corrected chi connectivity index (χ3v) is 2.63. The van der Waals surface area contributed by atoms with Crippen molar-refractivity contribution in [2.24, 2.45) is 7.05 Å². The zero-order chi connectivity index (χ0) is 13.5. The smallest absolute Gasteiger partial charge is 0.263 e. The molecule has 0 aliphatic rings. The zero-order valence-electron chi connectivity index (χ0n) is 8.83. The van der Waals surface area contributed by atoms with Crippen molar-refractivity contribution in [2.45, 2.75) is 6.18 Å². The molecule has 0 spiro atoms. The number of hydrogen-bond donors (Lipinski definition) is 0. The zero-order valence-corrected chi connectivity index (χ0v) is 10.3. The standard InChI is InChI=1S/C9H5Cl2F3N4/c1-18-6(9(12,13)14)2-5(17-18)4-3-15-8(11)16-7(4)10/h2-3H,1H3. The monoisotopic (exact) mass is 296 g/mol. The Morgan fingerprint density at radius 3 is 2.44 bits per heavy atom. The molecule has 4 nitrogen and oxygen atoms in total. The van der Waals surface area contributed by atoms with E-state index < -0.39 is 11.9 Å². The van der Waals surface area contributed by atoms with Crippen LogP contribution in [0.15, 0.2) is 12.3 Å². The van der Waals surface area contributed by atoms with Crippen LogP contribution in [0.25, 0.3) is 11.3 Å². The largest absolute Gasteiger partial charge is 0.433 e. The first-order valence-electron chi connectivity index (χ1n) is 4.58. The Bertz CT molecular complexity index is 594. The fourth-order valence-electron chi connectivity index (χ4n) is 1.38. The van der Waals surface area contributed by atoms with E-state index in [1.807, 2.05) is 0 Å². The lowest BCUT2D eigenvalue weighted by molar-refractivity contribution is -0.143. The molecule has 0 bridgehead atoms. The minimum absolute atomic E-state index is 0.0338. The molecule has 0 atom stereocenters. The maximum absolute atomic E-state index is 12.6. The molecule has 2 aromatic heterocycles. The van der Waals surface area contributed by atoms with Crippen molar-refractivity contribution in [1.82, 2.24) is 19.7 Å². The fourth-order valence-corrected chi connectivity index (χ4v) is 1.78. The first-order valence-corrected chi connectivity index (χ1v) is 5.34. The molecule has 0 aromatic carbocycles. The molecular weight excluding hydrogens is 292 g/mol. The van der Waals surface area contributed by atoms with E-state index in [0.29, 0.717) is 0 Å². The molecule has 96 valence electrons. The predicted molar refractivity (Wildman–Crippen MR) is 59.3 cm³/mol. The Labute approximate surface area is 109 Å². The third-order valence-electron chi connectivity index (χ3n) is 2.16. The normalized spacial score (nSPS) is 11.9. The highest BCUT2D eigenvalue weighted by molar-refractivity contribution is 6.33. The molecule has 0 fully saturated rings. The summed E-state index contributed by atoms with van der Waals surface area (Å²) in [6.07, 6.45) is -3.26. The van der Waals surface area contributed by atoms with Gasteiger partial charge in [-0.3, -0.25) is 4.68 Å². The second-order valence-corrected chi connectivity index (χ2v) is 4.08. The Kier molecular flexibility index (Phi) is 3.20.